The van der Waals surface area contributed by atoms with Gasteiger partial charge in [-0.25, -0.2) is 0 Å². The van der Waals surface area contributed by atoms with Crippen molar-refractivity contribution in [1.29, 1.82) is 0 Å². The van der Waals surface area contributed by atoms with Gasteiger partial charge in [0.15, 0.2) is 0 Å². The summed E-state index contributed by atoms with van der Waals surface area (Å²) in [7, 11) is 0. The van der Waals surface area contributed by atoms with Gasteiger partial charge in [-0.1, -0.05) is 13.8 Å². The standard InChI is InChI=1S/C12H17ClN2O2/c1-8(2)5-10(13)7-15-12(17)9-3-4-11(16)14-6-9/h3-4,6,8,10H,5,7H2,1-2H3,(H,14,16)(H,15,17). The number of carbonyl (C=O) groups is 1. The molecule has 0 bridgehead atoms. The third-order valence-corrected chi connectivity index (χ3v) is 2.59. The van der Waals surface area contributed by atoms with Gasteiger partial charge in [-0.2, -0.15) is 0 Å². The average molecular weight is 257 g/mol. The highest BCUT2D eigenvalue weighted by Gasteiger charge is 2.10. The molecule has 0 saturated heterocycles. The predicted octanol–water partition coefficient (Wildman–Crippen LogP) is 1.76. The number of pyridine rings is 1. The summed E-state index contributed by atoms with van der Waals surface area (Å²) in [5.41, 5.74) is 0.203. The fraction of sp³-hybridized carbons (Fsp3) is 0.500. The number of aromatic nitrogens is 1. The number of alkyl halides is 1. The first kappa shape index (κ1) is 13.8. The minimum Gasteiger partial charge on any atom is -0.351 e. The maximum Gasteiger partial charge on any atom is 0.252 e. The van der Waals surface area contributed by atoms with Crippen LogP contribution in [0.2, 0.25) is 0 Å². The van der Waals surface area contributed by atoms with Gasteiger partial charge < -0.3 is 10.3 Å². The van der Waals surface area contributed by atoms with E-state index in [2.05, 4.69) is 24.1 Å². The third kappa shape index (κ3) is 5.04. The maximum absolute atomic E-state index is 11.7. The van der Waals surface area contributed by atoms with Gasteiger partial charge in [0, 0.05) is 18.8 Å². The average Bonchev–Trinajstić information content (AvgIpc) is 2.26. The van der Waals surface area contributed by atoms with E-state index in [1.54, 1.807) is 0 Å². The van der Waals surface area contributed by atoms with Gasteiger partial charge in [-0.05, 0) is 18.4 Å². The molecule has 1 aromatic rings. The molecule has 0 aliphatic carbocycles. The lowest BCUT2D eigenvalue weighted by Crippen LogP contribution is -2.30. The van der Waals surface area contributed by atoms with Crippen LogP contribution in [0.15, 0.2) is 23.1 Å². The number of hydrogen-bond donors (Lipinski definition) is 2. The number of aromatic amines is 1. The second-order valence-corrected chi connectivity index (χ2v) is 5.00. The number of halogens is 1. The van der Waals surface area contributed by atoms with E-state index in [1.165, 1.54) is 18.3 Å². The van der Waals surface area contributed by atoms with E-state index >= 15 is 0 Å². The molecular weight excluding hydrogens is 240 g/mol. The molecule has 5 heteroatoms. The van der Waals surface area contributed by atoms with Gasteiger partial charge in [0.1, 0.15) is 0 Å². The molecule has 1 unspecified atom stereocenters. The zero-order chi connectivity index (χ0) is 12.8. The first-order chi connectivity index (χ1) is 7.99. The molecule has 94 valence electrons. The van der Waals surface area contributed by atoms with E-state index in [0.717, 1.165) is 6.42 Å². The van der Waals surface area contributed by atoms with Crippen molar-refractivity contribution in [3.63, 3.8) is 0 Å². The van der Waals surface area contributed by atoms with E-state index < -0.39 is 0 Å². The Kier molecular flexibility index (Phi) is 5.22. The largest absolute Gasteiger partial charge is 0.351 e. The van der Waals surface area contributed by atoms with Gasteiger partial charge in [0.2, 0.25) is 5.56 Å². The lowest BCUT2D eigenvalue weighted by atomic mass is 10.1. The monoisotopic (exact) mass is 256 g/mol. The fourth-order valence-corrected chi connectivity index (χ4v) is 1.89. The molecule has 1 amide bonds. The summed E-state index contributed by atoms with van der Waals surface area (Å²) in [6.45, 7) is 4.59. The Morgan fingerprint density at radius 3 is 2.71 bits per heavy atom. The third-order valence-electron chi connectivity index (χ3n) is 2.26. The summed E-state index contributed by atoms with van der Waals surface area (Å²) in [5, 5.41) is 2.66. The van der Waals surface area contributed by atoms with Crippen LogP contribution >= 0.6 is 11.6 Å². The summed E-state index contributed by atoms with van der Waals surface area (Å²) in [6.07, 6.45) is 2.25. The molecule has 0 aromatic carbocycles. The van der Waals surface area contributed by atoms with Crippen LogP contribution in [0.4, 0.5) is 0 Å². The Bertz CT molecular complexity index is 408. The Morgan fingerprint density at radius 1 is 1.47 bits per heavy atom. The molecule has 2 N–H and O–H groups in total. The van der Waals surface area contributed by atoms with Crippen LogP contribution in [0, 0.1) is 5.92 Å². The van der Waals surface area contributed by atoms with Crippen molar-refractivity contribution in [2.24, 2.45) is 5.92 Å². The predicted molar refractivity (Wildman–Crippen MR) is 68.5 cm³/mol. The minimum atomic E-state index is -0.226. The molecule has 0 saturated carbocycles. The van der Waals surface area contributed by atoms with Gasteiger partial charge in [-0.15, -0.1) is 11.6 Å². The molecule has 1 heterocycles. The fourth-order valence-electron chi connectivity index (χ4n) is 1.45. The van der Waals surface area contributed by atoms with Crippen LogP contribution in [-0.2, 0) is 0 Å². The van der Waals surface area contributed by atoms with Crippen molar-refractivity contribution in [2.45, 2.75) is 25.6 Å². The highest BCUT2D eigenvalue weighted by molar-refractivity contribution is 6.20. The Morgan fingerprint density at radius 2 is 2.18 bits per heavy atom. The van der Waals surface area contributed by atoms with Crippen LogP contribution in [-0.4, -0.2) is 22.8 Å². The minimum absolute atomic E-state index is 0.0679. The molecule has 17 heavy (non-hydrogen) atoms. The Hall–Kier alpha value is -1.29. The van der Waals surface area contributed by atoms with E-state index in [1.807, 2.05) is 0 Å². The van der Waals surface area contributed by atoms with Crippen molar-refractivity contribution in [3.05, 3.63) is 34.2 Å². The number of amides is 1. The van der Waals surface area contributed by atoms with Crippen LogP contribution in [0.1, 0.15) is 30.6 Å². The SMILES string of the molecule is CC(C)CC(Cl)CNC(=O)c1ccc(=O)[nH]c1. The van der Waals surface area contributed by atoms with E-state index in [0.29, 0.717) is 18.0 Å². The van der Waals surface area contributed by atoms with Gasteiger partial charge >= 0.3 is 0 Å². The normalized spacial score (nSPS) is 12.5. The lowest BCUT2D eigenvalue weighted by Gasteiger charge is -2.12. The van der Waals surface area contributed by atoms with E-state index in [4.69, 9.17) is 11.6 Å². The number of nitrogens with one attached hydrogen (secondary N) is 2. The van der Waals surface area contributed by atoms with E-state index in [9.17, 15) is 9.59 Å². The molecule has 1 aromatic heterocycles. The van der Waals surface area contributed by atoms with Crippen molar-refractivity contribution < 1.29 is 4.79 Å². The highest BCUT2D eigenvalue weighted by atomic mass is 35.5. The van der Waals surface area contributed by atoms with Crippen LogP contribution < -0.4 is 10.9 Å². The summed E-state index contributed by atoms with van der Waals surface area (Å²) in [4.78, 5) is 24.9. The lowest BCUT2D eigenvalue weighted by molar-refractivity contribution is 0.0952. The maximum atomic E-state index is 11.7. The molecule has 0 fully saturated rings. The van der Waals surface area contributed by atoms with E-state index in [-0.39, 0.29) is 16.8 Å². The zero-order valence-electron chi connectivity index (χ0n) is 10.00. The smallest absolute Gasteiger partial charge is 0.252 e. The van der Waals surface area contributed by atoms with Crippen LogP contribution in [0.5, 0.6) is 0 Å². The summed E-state index contributed by atoms with van der Waals surface area (Å²) >= 11 is 6.06. The molecule has 0 radical (unpaired) electrons. The molecule has 0 aliphatic rings. The molecule has 0 aliphatic heterocycles. The van der Waals surface area contributed by atoms with Crippen LogP contribution in [0.3, 0.4) is 0 Å². The number of hydrogen-bond acceptors (Lipinski definition) is 2. The van der Waals surface area contributed by atoms with Crippen molar-refractivity contribution in [2.75, 3.05) is 6.54 Å². The first-order valence-corrected chi connectivity index (χ1v) is 6.03. The van der Waals surface area contributed by atoms with Crippen molar-refractivity contribution >= 4 is 17.5 Å². The van der Waals surface area contributed by atoms with Crippen molar-refractivity contribution in [3.8, 4) is 0 Å². The first-order valence-electron chi connectivity index (χ1n) is 5.60. The van der Waals surface area contributed by atoms with Gasteiger partial charge in [0.25, 0.3) is 5.91 Å². The van der Waals surface area contributed by atoms with Crippen molar-refractivity contribution in [1.82, 2.24) is 10.3 Å². The summed E-state index contributed by atoms with van der Waals surface area (Å²) < 4.78 is 0. The Labute approximate surface area is 105 Å². The Balaban J connectivity index is 2.44. The highest BCUT2D eigenvalue weighted by Crippen LogP contribution is 2.09. The van der Waals surface area contributed by atoms with Crippen LogP contribution in [0.25, 0.3) is 0 Å². The van der Waals surface area contributed by atoms with Gasteiger partial charge in [-0.3, -0.25) is 9.59 Å². The second kappa shape index (κ2) is 6.45. The number of H-pyrrole nitrogens is 1. The molecular formula is C12H17ClN2O2. The quantitative estimate of drug-likeness (QED) is 0.789. The second-order valence-electron chi connectivity index (χ2n) is 4.38. The molecule has 1 rings (SSSR count). The topological polar surface area (TPSA) is 62.0 Å². The number of carbonyl (C=O) groups excluding carboxylic acids is 1. The summed E-state index contributed by atoms with van der Waals surface area (Å²) in [5.74, 6) is 0.276. The zero-order valence-corrected chi connectivity index (χ0v) is 10.8. The summed E-state index contributed by atoms with van der Waals surface area (Å²) in [6, 6.07) is 2.81. The molecule has 0 spiro atoms. The number of rotatable bonds is 5. The van der Waals surface area contributed by atoms with Gasteiger partial charge in [0.05, 0.1) is 10.9 Å². The molecule has 1 atom stereocenters. The molecule has 4 nitrogen and oxygen atoms in total.